The van der Waals surface area contributed by atoms with Crippen molar-refractivity contribution >= 4 is 0 Å². The predicted octanol–water partition coefficient (Wildman–Crippen LogP) is 3.99. The number of rotatable bonds is 5. The van der Waals surface area contributed by atoms with Gasteiger partial charge < -0.3 is 5.11 Å². The normalized spacial score (nSPS) is 18.4. The summed E-state index contributed by atoms with van der Waals surface area (Å²) in [4.78, 5) is 2.47. The van der Waals surface area contributed by atoms with Crippen LogP contribution >= 0.6 is 0 Å². The summed E-state index contributed by atoms with van der Waals surface area (Å²) in [6.45, 7) is 8.21. The van der Waals surface area contributed by atoms with Gasteiger partial charge in [-0.15, -0.1) is 0 Å². The molecule has 1 atom stereocenters. The SMILES string of the molecule is CCN(CC(O)c1cc(C)cc(C)c1)C1CCCCC1. The summed E-state index contributed by atoms with van der Waals surface area (Å²) in [5, 5.41) is 10.6. The van der Waals surface area contributed by atoms with Crippen molar-refractivity contribution in [2.75, 3.05) is 13.1 Å². The lowest BCUT2D eigenvalue weighted by molar-refractivity contribution is 0.0766. The van der Waals surface area contributed by atoms with E-state index in [4.69, 9.17) is 0 Å². The van der Waals surface area contributed by atoms with E-state index in [0.29, 0.717) is 6.04 Å². The van der Waals surface area contributed by atoms with Crippen LogP contribution < -0.4 is 0 Å². The van der Waals surface area contributed by atoms with E-state index in [9.17, 15) is 5.11 Å². The monoisotopic (exact) mass is 275 g/mol. The molecule has 2 heteroatoms. The summed E-state index contributed by atoms with van der Waals surface area (Å²) in [6, 6.07) is 7.07. The Morgan fingerprint density at radius 1 is 1.10 bits per heavy atom. The van der Waals surface area contributed by atoms with Gasteiger partial charge in [-0.25, -0.2) is 0 Å². The molecule has 0 aliphatic heterocycles. The Bertz CT molecular complexity index is 403. The smallest absolute Gasteiger partial charge is 0.0917 e. The lowest BCUT2D eigenvalue weighted by atomic mass is 9.93. The molecule has 0 radical (unpaired) electrons. The molecule has 1 saturated carbocycles. The molecule has 0 heterocycles. The van der Waals surface area contributed by atoms with Gasteiger partial charge in [0.25, 0.3) is 0 Å². The number of likely N-dealkylation sites (N-methyl/N-ethyl adjacent to an activating group) is 1. The summed E-state index contributed by atoms with van der Waals surface area (Å²) in [5.74, 6) is 0. The molecule has 2 nitrogen and oxygen atoms in total. The largest absolute Gasteiger partial charge is 0.387 e. The van der Waals surface area contributed by atoms with Crippen molar-refractivity contribution in [1.29, 1.82) is 0 Å². The highest BCUT2D eigenvalue weighted by molar-refractivity contribution is 5.30. The minimum absolute atomic E-state index is 0.365. The van der Waals surface area contributed by atoms with Crippen molar-refractivity contribution < 1.29 is 5.11 Å². The summed E-state index contributed by atoms with van der Waals surface area (Å²) < 4.78 is 0. The number of benzene rings is 1. The van der Waals surface area contributed by atoms with Crippen molar-refractivity contribution in [3.8, 4) is 0 Å². The zero-order chi connectivity index (χ0) is 14.5. The average molecular weight is 275 g/mol. The van der Waals surface area contributed by atoms with Gasteiger partial charge in [0.05, 0.1) is 6.10 Å². The highest BCUT2D eigenvalue weighted by atomic mass is 16.3. The number of aliphatic hydroxyl groups is 1. The van der Waals surface area contributed by atoms with Crippen LogP contribution in [0, 0.1) is 13.8 Å². The molecule has 1 aliphatic carbocycles. The standard InChI is InChI=1S/C18H29NO/c1-4-19(17-8-6-5-7-9-17)13-18(20)16-11-14(2)10-15(3)12-16/h10-12,17-18,20H,4-9,13H2,1-3H3. The molecule has 0 aromatic heterocycles. The highest BCUT2D eigenvalue weighted by Gasteiger charge is 2.22. The molecule has 0 bridgehead atoms. The van der Waals surface area contributed by atoms with Crippen molar-refractivity contribution in [2.45, 2.75) is 65.0 Å². The molecular weight excluding hydrogens is 246 g/mol. The third kappa shape index (κ3) is 4.07. The van der Waals surface area contributed by atoms with Crippen LogP contribution in [-0.4, -0.2) is 29.1 Å². The second-order valence-electron chi connectivity index (χ2n) is 6.32. The molecule has 1 unspecified atom stereocenters. The Morgan fingerprint density at radius 3 is 2.25 bits per heavy atom. The summed E-state index contributed by atoms with van der Waals surface area (Å²) >= 11 is 0. The maximum Gasteiger partial charge on any atom is 0.0917 e. The van der Waals surface area contributed by atoms with E-state index in [1.807, 2.05) is 0 Å². The fourth-order valence-corrected chi connectivity index (χ4v) is 3.51. The minimum atomic E-state index is -0.365. The average Bonchev–Trinajstić information content (AvgIpc) is 2.44. The van der Waals surface area contributed by atoms with E-state index >= 15 is 0 Å². The molecule has 112 valence electrons. The van der Waals surface area contributed by atoms with E-state index in [2.05, 4.69) is 43.9 Å². The molecule has 0 amide bonds. The van der Waals surface area contributed by atoms with E-state index in [1.54, 1.807) is 0 Å². The molecule has 2 rings (SSSR count). The van der Waals surface area contributed by atoms with E-state index in [-0.39, 0.29) is 6.10 Å². The van der Waals surface area contributed by atoms with E-state index in [1.165, 1.54) is 43.2 Å². The van der Waals surface area contributed by atoms with Crippen molar-refractivity contribution in [3.63, 3.8) is 0 Å². The van der Waals surface area contributed by atoms with Gasteiger partial charge in [0.15, 0.2) is 0 Å². The van der Waals surface area contributed by atoms with Crippen molar-refractivity contribution in [1.82, 2.24) is 4.90 Å². The molecule has 1 aromatic carbocycles. The second-order valence-corrected chi connectivity index (χ2v) is 6.32. The van der Waals surface area contributed by atoms with E-state index < -0.39 is 0 Å². The highest BCUT2D eigenvalue weighted by Crippen LogP contribution is 2.25. The lowest BCUT2D eigenvalue weighted by Gasteiger charge is -2.35. The third-order valence-corrected chi connectivity index (χ3v) is 4.53. The molecule has 0 spiro atoms. The van der Waals surface area contributed by atoms with Gasteiger partial charge in [-0.05, 0) is 38.8 Å². The first kappa shape index (κ1) is 15.5. The first-order chi connectivity index (χ1) is 9.60. The van der Waals surface area contributed by atoms with Gasteiger partial charge in [0.2, 0.25) is 0 Å². The quantitative estimate of drug-likeness (QED) is 0.878. The first-order valence-electron chi connectivity index (χ1n) is 8.10. The molecule has 1 aromatic rings. The van der Waals surface area contributed by atoms with Crippen LogP contribution in [0.15, 0.2) is 18.2 Å². The van der Waals surface area contributed by atoms with E-state index in [0.717, 1.165) is 18.7 Å². The number of aryl methyl sites for hydroxylation is 2. The number of hydrogen-bond acceptors (Lipinski definition) is 2. The van der Waals surface area contributed by atoms with Crippen LogP contribution in [0.4, 0.5) is 0 Å². The molecule has 0 saturated heterocycles. The van der Waals surface area contributed by atoms with Crippen molar-refractivity contribution in [3.05, 3.63) is 34.9 Å². The van der Waals surface area contributed by atoms with Crippen LogP contribution in [0.5, 0.6) is 0 Å². The van der Waals surface area contributed by atoms with Gasteiger partial charge in [-0.2, -0.15) is 0 Å². The summed E-state index contributed by atoms with van der Waals surface area (Å²) in [5.41, 5.74) is 3.54. The molecule has 1 aliphatic rings. The second kappa shape index (κ2) is 7.24. The van der Waals surface area contributed by atoms with Gasteiger partial charge in [0.1, 0.15) is 0 Å². The third-order valence-electron chi connectivity index (χ3n) is 4.53. The van der Waals surface area contributed by atoms with Crippen LogP contribution in [0.3, 0.4) is 0 Å². The maximum atomic E-state index is 10.6. The molecular formula is C18H29NO. The Morgan fingerprint density at radius 2 is 1.70 bits per heavy atom. The van der Waals surface area contributed by atoms with Crippen molar-refractivity contribution in [2.24, 2.45) is 0 Å². The summed E-state index contributed by atoms with van der Waals surface area (Å²) in [6.07, 6.45) is 6.31. The minimum Gasteiger partial charge on any atom is -0.387 e. The van der Waals surface area contributed by atoms with Gasteiger partial charge in [0, 0.05) is 12.6 Å². The topological polar surface area (TPSA) is 23.5 Å². The lowest BCUT2D eigenvalue weighted by Crippen LogP contribution is -2.39. The van der Waals surface area contributed by atoms with Crippen LogP contribution in [0.2, 0.25) is 0 Å². The molecule has 1 fully saturated rings. The Balaban J connectivity index is 2.02. The van der Waals surface area contributed by atoms with Crippen LogP contribution in [-0.2, 0) is 0 Å². The predicted molar refractivity (Wildman–Crippen MR) is 85.0 cm³/mol. The fourth-order valence-electron chi connectivity index (χ4n) is 3.51. The number of aliphatic hydroxyl groups excluding tert-OH is 1. The Kier molecular flexibility index (Phi) is 5.62. The Hall–Kier alpha value is -0.860. The van der Waals surface area contributed by atoms with Gasteiger partial charge in [-0.1, -0.05) is 55.5 Å². The molecule has 1 N–H and O–H groups in total. The zero-order valence-electron chi connectivity index (χ0n) is 13.2. The zero-order valence-corrected chi connectivity index (χ0v) is 13.2. The fraction of sp³-hybridized carbons (Fsp3) is 0.667. The molecule has 20 heavy (non-hydrogen) atoms. The summed E-state index contributed by atoms with van der Waals surface area (Å²) in [7, 11) is 0. The van der Waals surface area contributed by atoms with Crippen LogP contribution in [0.1, 0.15) is 61.8 Å². The van der Waals surface area contributed by atoms with Crippen LogP contribution in [0.25, 0.3) is 0 Å². The number of nitrogens with zero attached hydrogens (tertiary/aromatic N) is 1. The van der Waals surface area contributed by atoms with Gasteiger partial charge >= 0.3 is 0 Å². The van der Waals surface area contributed by atoms with Gasteiger partial charge in [-0.3, -0.25) is 4.90 Å². The number of hydrogen-bond donors (Lipinski definition) is 1. The Labute approximate surface area is 123 Å². The first-order valence-corrected chi connectivity index (χ1v) is 8.10. The maximum absolute atomic E-state index is 10.6.